The van der Waals surface area contributed by atoms with Gasteiger partial charge in [-0.1, -0.05) is 27.7 Å². The normalized spacial score (nSPS) is 26.1. The second-order valence-electron chi connectivity index (χ2n) is 5.24. The van der Waals surface area contributed by atoms with E-state index >= 15 is 0 Å². The monoisotopic (exact) mass is 240 g/mol. The van der Waals surface area contributed by atoms with Crippen LogP contribution in [0, 0.1) is 11.8 Å². The van der Waals surface area contributed by atoms with Crippen molar-refractivity contribution in [1.29, 1.82) is 0 Å². The maximum absolute atomic E-state index is 11.9. The van der Waals surface area contributed by atoms with E-state index in [4.69, 9.17) is 10.5 Å². The molecule has 0 fully saturated rings. The largest absolute Gasteiger partial charge is 0.402 e. The van der Waals surface area contributed by atoms with E-state index in [2.05, 4.69) is 4.99 Å². The molecule has 0 unspecified atom stereocenters. The second-order valence-corrected chi connectivity index (χ2v) is 5.24. The second kappa shape index (κ2) is 4.56. The first-order valence-electron chi connectivity index (χ1n) is 5.82. The quantitative estimate of drug-likeness (QED) is 0.740. The van der Waals surface area contributed by atoms with Gasteiger partial charge in [0.2, 0.25) is 5.78 Å². The van der Waals surface area contributed by atoms with Crippen molar-refractivity contribution in [3.63, 3.8) is 0 Å². The molecule has 0 aromatic heterocycles. The molecule has 0 spiro atoms. The van der Waals surface area contributed by atoms with E-state index in [1.165, 1.54) is 0 Å². The summed E-state index contributed by atoms with van der Waals surface area (Å²) in [5, 5.41) is 0. The number of carbonyl (C=O) groups excluding carboxylic acids is 2. The molecule has 0 aromatic carbocycles. The zero-order valence-corrected chi connectivity index (χ0v) is 11.0. The molecular weight excluding hydrogens is 220 g/mol. The minimum Gasteiger partial charge on any atom is -0.402 e. The summed E-state index contributed by atoms with van der Waals surface area (Å²) in [6.45, 7) is 9.06. The topological polar surface area (TPSA) is 81.8 Å². The zero-order chi connectivity index (χ0) is 13.4. The number of ether oxygens (including phenoxy) is 1. The fourth-order valence-electron chi connectivity index (χ4n) is 1.39. The van der Waals surface area contributed by atoms with Crippen LogP contribution in [0.15, 0.2) is 4.99 Å². The fraction of sp³-hybridized carbons (Fsp3) is 0.750. The highest BCUT2D eigenvalue weighted by atomic mass is 16.6. The number of hydrogen-bond acceptors (Lipinski definition) is 5. The Labute approximate surface area is 101 Å². The van der Waals surface area contributed by atoms with Crippen LogP contribution in [-0.2, 0) is 14.3 Å². The Balaban J connectivity index is 2.96. The molecule has 1 aliphatic rings. The van der Waals surface area contributed by atoms with Gasteiger partial charge in [0.15, 0.2) is 5.54 Å². The van der Waals surface area contributed by atoms with E-state index in [0.717, 1.165) is 0 Å². The highest BCUT2D eigenvalue weighted by Gasteiger charge is 2.46. The fourth-order valence-corrected chi connectivity index (χ4v) is 1.39. The van der Waals surface area contributed by atoms with E-state index in [1.807, 2.05) is 27.7 Å². The zero-order valence-electron chi connectivity index (χ0n) is 11.0. The lowest BCUT2D eigenvalue weighted by molar-refractivity contribution is -0.140. The first kappa shape index (κ1) is 13.8. The number of aliphatic imine (C=N–C) groups is 1. The van der Waals surface area contributed by atoms with Crippen LogP contribution in [0.3, 0.4) is 0 Å². The molecule has 0 saturated carbocycles. The predicted octanol–water partition coefficient (Wildman–Crippen LogP) is 0.909. The number of hydrogen-bond donors (Lipinski definition) is 1. The third-order valence-corrected chi connectivity index (χ3v) is 3.29. The molecule has 0 amide bonds. The van der Waals surface area contributed by atoms with Crippen LogP contribution < -0.4 is 5.73 Å². The van der Waals surface area contributed by atoms with Gasteiger partial charge in [-0.25, -0.2) is 9.79 Å². The van der Waals surface area contributed by atoms with Crippen molar-refractivity contribution in [3.05, 3.63) is 0 Å². The lowest BCUT2D eigenvalue weighted by Gasteiger charge is -2.19. The molecule has 1 heterocycles. The standard InChI is InChI=1S/C12H20N2O3/c1-6(2)8(13)9(15)10-14-12(5,7(3)4)11(16)17-10/h6-8H,13H2,1-5H3/t8-,12-/m0/s1. The summed E-state index contributed by atoms with van der Waals surface area (Å²) in [5.74, 6) is -1.08. The average molecular weight is 240 g/mol. The molecule has 0 bridgehead atoms. The average Bonchev–Trinajstić information content (AvgIpc) is 2.54. The first-order valence-corrected chi connectivity index (χ1v) is 5.82. The van der Waals surface area contributed by atoms with Gasteiger partial charge in [0.05, 0.1) is 6.04 Å². The Morgan fingerprint density at radius 1 is 1.35 bits per heavy atom. The van der Waals surface area contributed by atoms with Gasteiger partial charge in [-0.3, -0.25) is 4.79 Å². The van der Waals surface area contributed by atoms with Gasteiger partial charge in [0.1, 0.15) is 0 Å². The third kappa shape index (κ3) is 2.39. The van der Waals surface area contributed by atoms with Crippen LogP contribution in [0.1, 0.15) is 34.6 Å². The number of carbonyl (C=O) groups is 2. The number of esters is 1. The smallest absolute Gasteiger partial charge is 0.340 e. The molecule has 96 valence electrons. The summed E-state index contributed by atoms with van der Waals surface area (Å²) in [7, 11) is 0. The number of cyclic esters (lactones) is 1. The van der Waals surface area contributed by atoms with Crippen LogP contribution in [0.25, 0.3) is 0 Å². The Morgan fingerprint density at radius 3 is 2.24 bits per heavy atom. The molecule has 17 heavy (non-hydrogen) atoms. The third-order valence-electron chi connectivity index (χ3n) is 3.29. The molecule has 0 aliphatic carbocycles. The van der Waals surface area contributed by atoms with Crippen molar-refractivity contribution in [3.8, 4) is 0 Å². The van der Waals surface area contributed by atoms with Crippen LogP contribution in [0.5, 0.6) is 0 Å². The van der Waals surface area contributed by atoms with Crippen LogP contribution in [0.2, 0.25) is 0 Å². The molecule has 1 aliphatic heterocycles. The number of rotatable bonds is 4. The molecule has 1 rings (SSSR count). The van der Waals surface area contributed by atoms with Gasteiger partial charge in [0.25, 0.3) is 5.90 Å². The summed E-state index contributed by atoms with van der Waals surface area (Å²) in [4.78, 5) is 27.7. The molecule has 5 heteroatoms. The lowest BCUT2D eigenvalue weighted by Crippen LogP contribution is -2.40. The molecule has 2 N–H and O–H groups in total. The van der Waals surface area contributed by atoms with Gasteiger partial charge in [-0.2, -0.15) is 0 Å². The Kier molecular flexibility index (Phi) is 3.71. The van der Waals surface area contributed by atoms with E-state index in [-0.39, 0.29) is 17.7 Å². The van der Waals surface area contributed by atoms with E-state index in [1.54, 1.807) is 6.92 Å². The van der Waals surface area contributed by atoms with Gasteiger partial charge >= 0.3 is 5.97 Å². The van der Waals surface area contributed by atoms with E-state index in [0.29, 0.717) is 0 Å². The van der Waals surface area contributed by atoms with Crippen molar-refractivity contribution in [2.24, 2.45) is 22.6 Å². The van der Waals surface area contributed by atoms with Crippen LogP contribution >= 0.6 is 0 Å². The minimum atomic E-state index is -0.971. The van der Waals surface area contributed by atoms with Gasteiger partial charge < -0.3 is 10.5 Å². The molecule has 0 saturated heterocycles. The van der Waals surface area contributed by atoms with Crippen molar-refractivity contribution < 1.29 is 14.3 Å². The summed E-state index contributed by atoms with van der Waals surface area (Å²) in [5.41, 5.74) is 4.76. The SMILES string of the molecule is CC(C)[C@H](N)C(=O)C1=N[C@@](C)(C(C)C)C(=O)O1. The van der Waals surface area contributed by atoms with E-state index < -0.39 is 23.3 Å². The van der Waals surface area contributed by atoms with Crippen molar-refractivity contribution >= 4 is 17.7 Å². The summed E-state index contributed by atoms with van der Waals surface area (Å²) in [6, 6.07) is -0.684. The molecule has 0 radical (unpaired) electrons. The minimum absolute atomic E-state index is 0.0187. The number of ketones is 1. The van der Waals surface area contributed by atoms with Crippen LogP contribution in [-0.4, -0.2) is 29.2 Å². The van der Waals surface area contributed by atoms with Crippen LogP contribution in [0.4, 0.5) is 0 Å². The molecular formula is C12H20N2O3. The Bertz CT molecular complexity index is 374. The maximum Gasteiger partial charge on any atom is 0.340 e. The summed E-state index contributed by atoms with van der Waals surface area (Å²) >= 11 is 0. The van der Waals surface area contributed by atoms with Gasteiger partial charge in [0, 0.05) is 0 Å². The van der Waals surface area contributed by atoms with Gasteiger partial charge in [-0.05, 0) is 18.8 Å². The Hall–Kier alpha value is -1.23. The molecule has 0 aromatic rings. The highest BCUT2D eigenvalue weighted by molar-refractivity contribution is 6.41. The van der Waals surface area contributed by atoms with Crippen molar-refractivity contribution in [1.82, 2.24) is 0 Å². The number of Topliss-reactive ketones (excluding diaryl/α,β-unsaturated/α-hetero) is 1. The predicted molar refractivity (Wildman–Crippen MR) is 64.6 cm³/mol. The number of nitrogens with two attached hydrogens (primary N) is 1. The molecule has 2 atom stereocenters. The number of nitrogens with zero attached hydrogens (tertiary/aromatic N) is 1. The summed E-state index contributed by atoms with van der Waals surface area (Å²) < 4.78 is 4.95. The molecule has 5 nitrogen and oxygen atoms in total. The van der Waals surface area contributed by atoms with Crippen molar-refractivity contribution in [2.75, 3.05) is 0 Å². The Morgan fingerprint density at radius 2 is 1.88 bits per heavy atom. The van der Waals surface area contributed by atoms with Crippen molar-refractivity contribution in [2.45, 2.75) is 46.2 Å². The van der Waals surface area contributed by atoms with E-state index in [9.17, 15) is 9.59 Å². The summed E-state index contributed by atoms with van der Waals surface area (Å²) in [6.07, 6.45) is 0. The maximum atomic E-state index is 11.9. The lowest BCUT2D eigenvalue weighted by atomic mass is 9.90. The highest BCUT2D eigenvalue weighted by Crippen LogP contribution is 2.28. The first-order chi connectivity index (χ1) is 7.70. The van der Waals surface area contributed by atoms with Gasteiger partial charge in [-0.15, -0.1) is 0 Å².